The zero-order valence-corrected chi connectivity index (χ0v) is 14.6. The van der Waals surface area contributed by atoms with Gasteiger partial charge in [-0.1, -0.05) is 55.0 Å². The first-order valence-corrected chi connectivity index (χ1v) is 8.79. The van der Waals surface area contributed by atoms with Gasteiger partial charge in [0.2, 0.25) is 5.91 Å². The van der Waals surface area contributed by atoms with Crippen LogP contribution in [0.25, 0.3) is 0 Å². The Morgan fingerprint density at radius 2 is 2.00 bits per heavy atom. The lowest BCUT2D eigenvalue weighted by Crippen LogP contribution is -2.40. The van der Waals surface area contributed by atoms with Gasteiger partial charge in [-0.15, -0.1) is 0 Å². The Hall–Kier alpha value is -2.29. The summed E-state index contributed by atoms with van der Waals surface area (Å²) in [7, 11) is 0. The summed E-state index contributed by atoms with van der Waals surface area (Å²) in [6.45, 7) is 6.35. The molecular weight excluding hydrogens is 296 g/mol. The molecule has 2 aromatic rings. The highest BCUT2D eigenvalue weighted by molar-refractivity contribution is 5.82. The summed E-state index contributed by atoms with van der Waals surface area (Å²) in [6.07, 6.45) is 2.23. The van der Waals surface area contributed by atoms with E-state index in [-0.39, 0.29) is 5.91 Å². The maximum atomic E-state index is 12.4. The Bertz CT molecular complexity index is 696. The molecule has 0 aliphatic carbocycles. The molecule has 3 rings (SSSR count). The van der Waals surface area contributed by atoms with Crippen molar-refractivity contribution >= 4 is 11.6 Å². The molecule has 0 fully saturated rings. The van der Waals surface area contributed by atoms with Gasteiger partial charge in [-0.05, 0) is 42.9 Å². The van der Waals surface area contributed by atoms with Gasteiger partial charge in [-0.2, -0.15) is 0 Å². The number of carbonyl (C=O) groups is 1. The van der Waals surface area contributed by atoms with Crippen LogP contribution in [0.2, 0.25) is 0 Å². The molecule has 1 N–H and O–H groups in total. The number of rotatable bonds is 5. The number of nitrogens with one attached hydrogen (secondary N) is 1. The number of aryl methyl sites for hydroxylation is 2. The number of amides is 1. The van der Waals surface area contributed by atoms with Crippen LogP contribution in [0.3, 0.4) is 0 Å². The molecule has 0 unspecified atom stereocenters. The number of hydrogen-bond donors (Lipinski definition) is 1. The minimum Gasteiger partial charge on any atom is -0.362 e. The summed E-state index contributed by atoms with van der Waals surface area (Å²) in [4.78, 5) is 14.6. The van der Waals surface area contributed by atoms with E-state index in [1.807, 2.05) is 18.2 Å². The van der Waals surface area contributed by atoms with Gasteiger partial charge in [0, 0.05) is 18.8 Å². The average molecular weight is 322 g/mol. The molecule has 0 radical (unpaired) electrons. The molecule has 1 atom stereocenters. The lowest BCUT2D eigenvalue weighted by molar-refractivity contribution is -0.119. The maximum Gasteiger partial charge on any atom is 0.239 e. The average Bonchev–Trinajstić information content (AvgIpc) is 2.60. The lowest BCUT2D eigenvalue weighted by atomic mass is 9.99. The van der Waals surface area contributed by atoms with Crippen LogP contribution in [-0.4, -0.2) is 25.5 Å². The van der Waals surface area contributed by atoms with Crippen LogP contribution in [0, 0.1) is 6.92 Å². The summed E-state index contributed by atoms with van der Waals surface area (Å²) < 4.78 is 0. The van der Waals surface area contributed by atoms with Crippen LogP contribution < -0.4 is 10.2 Å². The van der Waals surface area contributed by atoms with Crippen LogP contribution in [0.15, 0.2) is 48.5 Å². The van der Waals surface area contributed by atoms with Crippen molar-refractivity contribution in [2.45, 2.75) is 32.6 Å². The van der Waals surface area contributed by atoms with E-state index in [2.05, 4.69) is 54.4 Å². The first-order chi connectivity index (χ1) is 11.6. The van der Waals surface area contributed by atoms with Crippen molar-refractivity contribution in [1.29, 1.82) is 0 Å². The monoisotopic (exact) mass is 322 g/mol. The van der Waals surface area contributed by atoms with Gasteiger partial charge in [-0.3, -0.25) is 4.79 Å². The minimum absolute atomic E-state index is 0.103. The van der Waals surface area contributed by atoms with E-state index in [1.165, 1.54) is 22.4 Å². The van der Waals surface area contributed by atoms with Crippen LogP contribution >= 0.6 is 0 Å². The molecule has 0 saturated heterocycles. The van der Waals surface area contributed by atoms with Gasteiger partial charge in [0.15, 0.2) is 0 Å². The van der Waals surface area contributed by atoms with Crippen molar-refractivity contribution in [3.05, 3.63) is 65.2 Å². The summed E-state index contributed by atoms with van der Waals surface area (Å²) in [5, 5.41) is 3.09. The molecular formula is C21H26N2O. The minimum atomic E-state index is 0.103. The summed E-state index contributed by atoms with van der Waals surface area (Å²) in [5.41, 5.74) is 5.14. The molecule has 1 aliphatic heterocycles. The Kier molecular flexibility index (Phi) is 5.19. The van der Waals surface area contributed by atoms with E-state index in [0.29, 0.717) is 19.0 Å². The van der Waals surface area contributed by atoms with Crippen molar-refractivity contribution in [2.75, 3.05) is 24.5 Å². The van der Waals surface area contributed by atoms with Crippen LogP contribution in [-0.2, 0) is 11.2 Å². The Labute approximate surface area is 144 Å². The predicted molar refractivity (Wildman–Crippen MR) is 99.6 cm³/mol. The van der Waals surface area contributed by atoms with Crippen molar-refractivity contribution < 1.29 is 4.79 Å². The molecule has 24 heavy (non-hydrogen) atoms. The van der Waals surface area contributed by atoms with Crippen LogP contribution in [0.5, 0.6) is 0 Å². The number of hydrogen-bond acceptors (Lipinski definition) is 2. The van der Waals surface area contributed by atoms with Crippen molar-refractivity contribution in [2.24, 2.45) is 0 Å². The highest BCUT2D eigenvalue weighted by Crippen LogP contribution is 2.27. The van der Waals surface area contributed by atoms with Crippen LogP contribution in [0.1, 0.15) is 36.0 Å². The number of nitrogens with zero attached hydrogens (tertiary/aromatic N) is 1. The smallest absolute Gasteiger partial charge is 0.239 e. The molecule has 126 valence electrons. The molecule has 0 bridgehead atoms. The molecule has 0 spiro atoms. The molecule has 3 nitrogen and oxygen atoms in total. The second-order valence-corrected chi connectivity index (χ2v) is 6.77. The third-order valence-corrected chi connectivity index (χ3v) is 4.76. The number of benzene rings is 2. The first kappa shape index (κ1) is 16.6. The Morgan fingerprint density at radius 3 is 2.79 bits per heavy atom. The largest absolute Gasteiger partial charge is 0.362 e. The molecule has 1 heterocycles. The Morgan fingerprint density at radius 1 is 1.21 bits per heavy atom. The molecule has 0 aromatic heterocycles. The zero-order valence-electron chi connectivity index (χ0n) is 14.6. The standard InChI is InChI=1S/C21H26N2O/c1-16-10-11-20-19(13-16)9-6-12-23(20)15-21(24)22-14-17(2)18-7-4-3-5-8-18/h3-5,7-8,10-11,13,17H,6,9,12,14-15H2,1-2H3,(H,22,24)/t17-/m1/s1. The second kappa shape index (κ2) is 7.52. The fraction of sp³-hybridized carbons (Fsp3) is 0.381. The third-order valence-electron chi connectivity index (χ3n) is 4.76. The lowest BCUT2D eigenvalue weighted by Gasteiger charge is -2.31. The predicted octanol–water partition coefficient (Wildman–Crippen LogP) is 3.67. The molecule has 3 heteroatoms. The summed E-state index contributed by atoms with van der Waals surface area (Å²) in [5.74, 6) is 0.428. The normalized spacial score (nSPS) is 14.8. The van der Waals surface area contributed by atoms with E-state index in [4.69, 9.17) is 0 Å². The SMILES string of the molecule is Cc1ccc2c(c1)CCCN2CC(=O)NC[C@@H](C)c1ccccc1. The highest BCUT2D eigenvalue weighted by Gasteiger charge is 2.19. The van der Waals surface area contributed by atoms with E-state index >= 15 is 0 Å². The number of anilines is 1. The molecule has 1 aliphatic rings. The van der Waals surface area contributed by atoms with E-state index in [1.54, 1.807) is 0 Å². The van der Waals surface area contributed by atoms with Gasteiger partial charge in [0.05, 0.1) is 6.54 Å². The third kappa shape index (κ3) is 3.97. The van der Waals surface area contributed by atoms with Crippen LogP contribution in [0.4, 0.5) is 5.69 Å². The van der Waals surface area contributed by atoms with Gasteiger partial charge in [-0.25, -0.2) is 0 Å². The fourth-order valence-electron chi connectivity index (χ4n) is 3.36. The topological polar surface area (TPSA) is 32.3 Å². The molecule has 2 aromatic carbocycles. The van der Waals surface area contributed by atoms with E-state index < -0.39 is 0 Å². The second-order valence-electron chi connectivity index (χ2n) is 6.77. The van der Waals surface area contributed by atoms with Crippen molar-refractivity contribution in [3.8, 4) is 0 Å². The van der Waals surface area contributed by atoms with Gasteiger partial charge in [0.25, 0.3) is 0 Å². The summed E-state index contributed by atoms with van der Waals surface area (Å²) >= 11 is 0. The van der Waals surface area contributed by atoms with Crippen molar-refractivity contribution in [3.63, 3.8) is 0 Å². The Balaban J connectivity index is 1.56. The van der Waals surface area contributed by atoms with Gasteiger partial charge < -0.3 is 10.2 Å². The highest BCUT2D eigenvalue weighted by atomic mass is 16.2. The maximum absolute atomic E-state index is 12.4. The quantitative estimate of drug-likeness (QED) is 0.911. The number of carbonyl (C=O) groups excluding carboxylic acids is 1. The van der Waals surface area contributed by atoms with E-state index in [0.717, 1.165) is 19.4 Å². The fourth-order valence-corrected chi connectivity index (χ4v) is 3.36. The zero-order chi connectivity index (χ0) is 16.9. The summed E-state index contributed by atoms with van der Waals surface area (Å²) in [6, 6.07) is 16.9. The van der Waals surface area contributed by atoms with Gasteiger partial charge in [0.1, 0.15) is 0 Å². The first-order valence-electron chi connectivity index (χ1n) is 8.79. The van der Waals surface area contributed by atoms with Crippen molar-refractivity contribution in [1.82, 2.24) is 5.32 Å². The number of fused-ring (bicyclic) bond motifs is 1. The molecule has 0 saturated carbocycles. The molecule has 1 amide bonds. The van der Waals surface area contributed by atoms with Gasteiger partial charge >= 0.3 is 0 Å². The van der Waals surface area contributed by atoms with E-state index in [9.17, 15) is 4.79 Å².